The number of carbonyl (C=O) groups is 1. The van der Waals surface area contributed by atoms with E-state index >= 15 is 0 Å². The molecular weight excluding hydrogens is 294 g/mol. The molecule has 0 bridgehead atoms. The number of nitrogen functional groups attached to an aromatic ring is 1. The number of nitrogens with one attached hydrogen (secondary N) is 2. The number of primary sulfonamides is 1. The van der Waals surface area contributed by atoms with Crippen LogP contribution in [-0.4, -0.2) is 31.6 Å². The summed E-state index contributed by atoms with van der Waals surface area (Å²) in [5.74, 6) is 5.08. The monoisotopic (exact) mass is 309 g/mol. The molecule has 0 aliphatic heterocycles. The number of hydrazine groups is 1. The van der Waals surface area contributed by atoms with Crippen LogP contribution in [-0.2, 0) is 10.0 Å². The summed E-state index contributed by atoms with van der Waals surface area (Å²) in [6, 6.07) is 7.11. The van der Waals surface area contributed by atoms with Crippen molar-refractivity contribution >= 4 is 32.5 Å². The van der Waals surface area contributed by atoms with Gasteiger partial charge in [-0.3, -0.25) is 4.79 Å². The van der Waals surface area contributed by atoms with E-state index in [-0.39, 0.29) is 12.3 Å². The number of hydrogen-bond donors (Lipinski definition) is 4. The third kappa shape index (κ3) is 3.66. The van der Waals surface area contributed by atoms with Gasteiger partial charge < -0.3 is 10.7 Å². The van der Waals surface area contributed by atoms with E-state index in [1.54, 1.807) is 24.3 Å². The maximum atomic E-state index is 12.1. The molecule has 0 radical (unpaired) electrons. The van der Waals surface area contributed by atoms with Crippen LogP contribution >= 0.6 is 0 Å². The van der Waals surface area contributed by atoms with Gasteiger partial charge >= 0.3 is 0 Å². The average Bonchev–Trinajstić information content (AvgIpc) is 2.44. The summed E-state index contributed by atoms with van der Waals surface area (Å²) in [6.07, 6.45) is 1.38. The fourth-order valence-electron chi connectivity index (χ4n) is 1.89. The number of hydrogen-bond acceptors (Lipinski definition) is 6. The van der Waals surface area contributed by atoms with Gasteiger partial charge in [0.05, 0.1) is 11.3 Å². The lowest BCUT2D eigenvalue weighted by Gasteiger charge is -2.10. The molecule has 6 N–H and O–H groups in total. The van der Waals surface area contributed by atoms with Crippen LogP contribution in [0.4, 0.5) is 5.82 Å². The number of amides is 1. The molecule has 0 unspecified atom stereocenters. The molecule has 0 saturated carbocycles. The number of sulfonamides is 1. The lowest BCUT2D eigenvalue weighted by molar-refractivity contribution is 0.0957. The third-order valence-corrected chi connectivity index (χ3v) is 3.62. The van der Waals surface area contributed by atoms with Gasteiger partial charge in [-0.2, -0.15) is 0 Å². The Kier molecular flexibility index (Phi) is 4.36. The second-order valence-electron chi connectivity index (χ2n) is 4.33. The van der Waals surface area contributed by atoms with Crippen LogP contribution in [0.2, 0.25) is 0 Å². The van der Waals surface area contributed by atoms with Crippen LogP contribution in [0.25, 0.3) is 10.8 Å². The first kappa shape index (κ1) is 15.2. The Morgan fingerprint density at radius 2 is 1.90 bits per heavy atom. The summed E-state index contributed by atoms with van der Waals surface area (Å²) in [4.78, 5) is 16.2. The quantitative estimate of drug-likeness (QED) is 0.435. The largest absolute Gasteiger partial charge is 0.351 e. The minimum Gasteiger partial charge on any atom is -0.351 e. The Morgan fingerprint density at radius 3 is 2.52 bits per heavy atom. The zero-order valence-electron chi connectivity index (χ0n) is 11.0. The standard InChI is InChI=1S/C12H15N5O3S/c13-17-11-9-4-2-1-3-8(9)10(7-16-11)12(18)15-5-6-21(14,19)20/h1-4,7H,5-6,13H2,(H,15,18)(H,16,17)(H2,14,19,20). The highest BCUT2D eigenvalue weighted by Crippen LogP contribution is 2.23. The van der Waals surface area contributed by atoms with Crippen molar-refractivity contribution in [3.8, 4) is 0 Å². The van der Waals surface area contributed by atoms with Crippen molar-refractivity contribution in [1.82, 2.24) is 10.3 Å². The van der Waals surface area contributed by atoms with Crippen molar-refractivity contribution in [3.05, 3.63) is 36.0 Å². The van der Waals surface area contributed by atoms with Gasteiger partial charge in [0.25, 0.3) is 5.91 Å². The summed E-state index contributed by atoms with van der Waals surface area (Å²) in [6.45, 7) is -0.0666. The topological polar surface area (TPSA) is 140 Å². The SMILES string of the molecule is NNc1ncc(C(=O)NCCS(N)(=O)=O)c2ccccc12. The number of anilines is 1. The molecule has 2 aromatic rings. The molecule has 0 aliphatic rings. The zero-order valence-corrected chi connectivity index (χ0v) is 11.9. The molecule has 0 saturated heterocycles. The molecular formula is C12H15N5O3S. The van der Waals surface area contributed by atoms with Crippen LogP contribution < -0.4 is 21.7 Å². The maximum absolute atomic E-state index is 12.1. The molecule has 9 heteroatoms. The molecule has 1 aromatic carbocycles. The van der Waals surface area contributed by atoms with Crippen LogP contribution in [0.3, 0.4) is 0 Å². The fraction of sp³-hybridized carbons (Fsp3) is 0.167. The normalized spacial score (nSPS) is 11.3. The Labute approximate surface area is 121 Å². The van der Waals surface area contributed by atoms with Gasteiger partial charge in [-0.15, -0.1) is 0 Å². The number of carbonyl (C=O) groups excluding carboxylic acids is 1. The van der Waals surface area contributed by atoms with Crippen LogP contribution in [0.15, 0.2) is 30.5 Å². The highest BCUT2D eigenvalue weighted by molar-refractivity contribution is 7.89. The molecule has 8 nitrogen and oxygen atoms in total. The second kappa shape index (κ2) is 6.04. The van der Waals surface area contributed by atoms with E-state index in [0.717, 1.165) is 0 Å². The lowest BCUT2D eigenvalue weighted by Crippen LogP contribution is -2.31. The van der Waals surface area contributed by atoms with Gasteiger partial charge in [-0.1, -0.05) is 24.3 Å². The fourth-order valence-corrected chi connectivity index (χ4v) is 2.28. The molecule has 112 valence electrons. The van der Waals surface area contributed by atoms with E-state index in [2.05, 4.69) is 15.7 Å². The molecule has 0 atom stereocenters. The van der Waals surface area contributed by atoms with E-state index in [0.29, 0.717) is 22.2 Å². The van der Waals surface area contributed by atoms with Gasteiger partial charge in [0.2, 0.25) is 10.0 Å². The smallest absolute Gasteiger partial charge is 0.253 e. The second-order valence-corrected chi connectivity index (χ2v) is 6.07. The first-order valence-electron chi connectivity index (χ1n) is 6.05. The highest BCUT2D eigenvalue weighted by Gasteiger charge is 2.13. The van der Waals surface area contributed by atoms with Crippen molar-refractivity contribution in [3.63, 3.8) is 0 Å². The predicted octanol–water partition coefficient (Wildman–Crippen LogP) is -0.461. The number of nitrogens with zero attached hydrogens (tertiary/aromatic N) is 1. The Balaban J connectivity index is 2.28. The van der Waals surface area contributed by atoms with Crippen molar-refractivity contribution in [2.24, 2.45) is 11.0 Å². The molecule has 2 rings (SSSR count). The van der Waals surface area contributed by atoms with Gasteiger partial charge in [0.1, 0.15) is 5.82 Å². The zero-order chi connectivity index (χ0) is 15.5. The van der Waals surface area contributed by atoms with E-state index in [1.807, 2.05) is 0 Å². The molecule has 0 fully saturated rings. The van der Waals surface area contributed by atoms with Gasteiger partial charge in [0.15, 0.2) is 0 Å². The summed E-state index contributed by atoms with van der Waals surface area (Å²) in [5, 5.41) is 8.72. The molecule has 1 heterocycles. The minimum atomic E-state index is -3.61. The van der Waals surface area contributed by atoms with Crippen LogP contribution in [0, 0.1) is 0 Å². The molecule has 1 amide bonds. The van der Waals surface area contributed by atoms with Crippen LogP contribution in [0.1, 0.15) is 10.4 Å². The van der Waals surface area contributed by atoms with Crippen LogP contribution in [0.5, 0.6) is 0 Å². The third-order valence-electron chi connectivity index (χ3n) is 2.85. The number of fused-ring (bicyclic) bond motifs is 1. The van der Waals surface area contributed by atoms with E-state index in [9.17, 15) is 13.2 Å². The Morgan fingerprint density at radius 1 is 1.24 bits per heavy atom. The van der Waals surface area contributed by atoms with Crippen molar-refractivity contribution in [2.45, 2.75) is 0 Å². The van der Waals surface area contributed by atoms with Crippen molar-refractivity contribution in [1.29, 1.82) is 0 Å². The number of pyridine rings is 1. The van der Waals surface area contributed by atoms with E-state index < -0.39 is 15.9 Å². The first-order valence-corrected chi connectivity index (χ1v) is 7.77. The van der Waals surface area contributed by atoms with Crippen molar-refractivity contribution in [2.75, 3.05) is 17.7 Å². The summed E-state index contributed by atoms with van der Waals surface area (Å²) in [7, 11) is -3.61. The first-order chi connectivity index (χ1) is 9.92. The predicted molar refractivity (Wildman–Crippen MR) is 79.9 cm³/mol. The summed E-state index contributed by atoms with van der Waals surface area (Å²) in [5.41, 5.74) is 2.79. The Bertz CT molecular complexity index is 776. The number of nitrogens with two attached hydrogens (primary N) is 2. The van der Waals surface area contributed by atoms with Crippen molar-refractivity contribution < 1.29 is 13.2 Å². The summed E-state index contributed by atoms with van der Waals surface area (Å²) >= 11 is 0. The lowest BCUT2D eigenvalue weighted by atomic mass is 10.1. The molecule has 0 aliphatic carbocycles. The minimum absolute atomic E-state index is 0.0666. The number of rotatable bonds is 5. The number of aromatic nitrogens is 1. The van der Waals surface area contributed by atoms with E-state index in [4.69, 9.17) is 11.0 Å². The summed E-state index contributed by atoms with van der Waals surface area (Å²) < 4.78 is 21.7. The average molecular weight is 309 g/mol. The highest BCUT2D eigenvalue weighted by atomic mass is 32.2. The maximum Gasteiger partial charge on any atom is 0.253 e. The van der Waals surface area contributed by atoms with Gasteiger partial charge in [-0.05, 0) is 5.39 Å². The Hall–Kier alpha value is -2.23. The molecule has 1 aromatic heterocycles. The van der Waals surface area contributed by atoms with E-state index in [1.165, 1.54) is 6.20 Å². The molecule has 0 spiro atoms. The number of benzene rings is 1. The van der Waals surface area contributed by atoms with Gasteiger partial charge in [-0.25, -0.2) is 24.4 Å². The van der Waals surface area contributed by atoms with Gasteiger partial charge in [0, 0.05) is 18.1 Å². The molecule has 21 heavy (non-hydrogen) atoms.